The lowest BCUT2D eigenvalue weighted by Gasteiger charge is -2.26. The molecule has 27 heavy (non-hydrogen) atoms. The zero-order valence-electron chi connectivity index (χ0n) is 14.8. The van der Waals surface area contributed by atoms with Gasteiger partial charge in [0.15, 0.2) is 0 Å². The highest BCUT2D eigenvalue weighted by atomic mass is 32.2. The Morgan fingerprint density at radius 2 is 2.04 bits per heavy atom. The average Bonchev–Trinajstić information content (AvgIpc) is 2.69. The maximum Gasteiger partial charge on any atom is 0.293 e. The van der Waals surface area contributed by atoms with E-state index >= 15 is 0 Å². The van der Waals surface area contributed by atoms with Crippen molar-refractivity contribution in [1.82, 2.24) is 9.29 Å². The summed E-state index contributed by atoms with van der Waals surface area (Å²) in [6, 6.07) is 7.66. The van der Waals surface area contributed by atoms with E-state index in [1.54, 1.807) is 30.4 Å². The monoisotopic (exact) mass is 392 g/mol. The van der Waals surface area contributed by atoms with Crippen molar-refractivity contribution in [1.29, 1.82) is 0 Å². The molecule has 0 aliphatic carbocycles. The van der Waals surface area contributed by atoms with Gasteiger partial charge in [-0.2, -0.15) is 4.31 Å². The highest BCUT2D eigenvalue weighted by molar-refractivity contribution is 7.89. The minimum atomic E-state index is -3.80. The van der Waals surface area contributed by atoms with Crippen molar-refractivity contribution in [2.45, 2.75) is 11.4 Å². The predicted octanol–water partition coefficient (Wildman–Crippen LogP) is 1.65. The Labute approximate surface area is 157 Å². The normalized spacial score (nSPS) is 15.4. The Morgan fingerprint density at radius 3 is 2.67 bits per heavy atom. The van der Waals surface area contributed by atoms with Gasteiger partial charge in [0.05, 0.1) is 23.0 Å². The molecule has 0 spiro atoms. The molecule has 1 aliphatic rings. The van der Waals surface area contributed by atoms with Crippen LogP contribution in [0.1, 0.15) is 5.56 Å². The van der Waals surface area contributed by atoms with Crippen LogP contribution in [0.3, 0.4) is 0 Å². The number of rotatable bonds is 6. The molecule has 144 valence electrons. The lowest BCUT2D eigenvalue weighted by atomic mass is 10.2. The molecule has 10 heteroatoms. The molecule has 0 amide bonds. The number of hydrogen-bond acceptors (Lipinski definition) is 7. The molecule has 2 aromatic rings. The number of pyridine rings is 1. The zero-order chi connectivity index (χ0) is 19.4. The summed E-state index contributed by atoms with van der Waals surface area (Å²) < 4.78 is 32.0. The molecule has 0 atom stereocenters. The van der Waals surface area contributed by atoms with E-state index in [9.17, 15) is 18.5 Å². The van der Waals surface area contributed by atoms with Gasteiger partial charge >= 0.3 is 0 Å². The van der Waals surface area contributed by atoms with Crippen LogP contribution in [0.25, 0.3) is 0 Å². The third kappa shape index (κ3) is 4.24. The molecule has 1 aromatic heterocycles. The topological polar surface area (TPSA) is 106 Å². The largest absolute Gasteiger partial charge is 0.379 e. The molecular formula is C17H20N4O5S. The highest BCUT2D eigenvalue weighted by Gasteiger charge is 2.29. The zero-order valence-corrected chi connectivity index (χ0v) is 15.6. The number of anilines is 1. The smallest absolute Gasteiger partial charge is 0.293 e. The molecule has 1 fully saturated rings. The molecule has 0 saturated carbocycles. The van der Waals surface area contributed by atoms with E-state index in [4.69, 9.17) is 4.74 Å². The molecular weight excluding hydrogens is 372 g/mol. The number of sulfonamides is 1. The third-order valence-corrected chi connectivity index (χ3v) is 6.20. The Bertz CT molecular complexity index is 914. The summed E-state index contributed by atoms with van der Waals surface area (Å²) in [4.78, 5) is 16.6. The molecule has 1 saturated heterocycles. The molecule has 0 N–H and O–H groups in total. The molecule has 3 rings (SSSR count). The Morgan fingerprint density at radius 1 is 1.30 bits per heavy atom. The number of benzene rings is 1. The van der Waals surface area contributed by atoms with E-state index in [0.29, 0.717) is 25.4 Å². The second-order valence-corrected chi connectivity index (χ2v) is 8.08. The summed E-state index contributed by atoms with van der Waals surface area (Å²) >= 11 is 0. The lowest BCUT2D eigenvalue weighted by Crippen LogP contribution is -2.40. The quantitative estimate of drug-likeness (QED) is 0.543. The molecule has 1 aliphatic heterocycles. The van der Waals surface area contributed by atoms with Gasteiger partial charge in [-0.1, -0.05) is 6.07 Å². The van der Waals surface area contributed by atoms with E-state index in [0.717, 1.165) is 11.6 Å². The van der Waals surface area contributed by atoms with Crippen LogP contribution in [0.4, 0.5) is 11.4 Å². The average molecular weight is 392 g/mol. The Kier molecular flexibility index (Phi) is 5.68. The number of ether oxygens (including phenoxy) is 1. The lowest BCUT2D eigenvalue weighted by molar-refractivity contribution is -0.384. The molecule has 0 unspecified atom stereocenters. The summed E-state index contributed by atoms with van der Waals surface area (Å²) in [7, 11) is -2.09. The summed E-state index contributed by atoms with van der Waals surface area (Å²) in [5, 5.41) is 11.6. The van der Waals surface area contributed by atoms with Crippen molar-refractivity contribution in [3.05, 3.63) is 58.4 Å². The van der Waals surface area contributed by atoms with Crippen molar-refractivity contribution in [3.8, 4) is 0 Å². The van der Waals surface area contributed by atoms with Crippen molar-refractivity contribution in [2.75, 3.05) is 38.3 Å². The second-order valence-electron chi connectivity index (χ2n) is 6.14. The van der Waals surface area contributed by atoms with Crippen LogP contribution in [-0.4, -0.2) is 56.0 Å². The van der Waals surface area contributed by atoms with Gasteiger partial charge in [-0.05, 0) is 23.8 Å². The SMILES string of the molecule is CN(Cc1cccnc1)c1ccc(S(=O)(=O)N2CCOCC2)cc1[N+](=O)[O-]. The summed E-state index contributed by atoms with van der Waals surface area (Å²) in [5.74, 6) is 0. The van der Waals surface area contributed by atoms with Crippen LogP contribution in [0, 0.1) is 10.1 Å². The van der Waals surface area contributed by atoms with E-state index in [1.807, 2.05) is 6.07 Å². The number of nitrogens with zero attached hydrogens (tertiary/aromatic N) is 4. The first-order chi connectivity index (χ1) is 12.9. The van der Waals surface area contributed by atoms with Gasteiger partial charge in [0, 0.05) is 45.1 Å². The van der Waals surface area contributed by atoms with Gasteiger partial charge in [0.2, 0.25) is 10.0 Å². The number of nitro benzene ring substituents is 1. The summed E-state index contributed by atoms with van der Waals surface area (Å²) in [5.41, 5.74) is 0.972. The molecule has 2 heterocycles. The summed E-state index contributed by atoms with van der Waals surface area (Å²) in [6.45, 7) is 1.50. The van der Waals surface area contributed by atoms with Gasteiger partial charge in [0.1, 0.15) is 5.69 Å². The molecule has 1 aromatic carbocycles. The minimum absolute atomic E-state index is 0.0883. The van der Waals surface area contributed by atoms with E-state index in [2.05, 4.69) is 4.98 Å². The highest BCUT2D eigenvalue weighted by Crippen LogP contribution is 2.32. The van der Waals surface area contributed by atoms with Crippen LogP contribution >= 0.6 is 0 Å². The van der Waals surface area contributed by atoms with Crippen molar-refractivity contribution < 1.29 is 18.1 Å². The Balaban J connectivity index is 1.92. The van der Waals surface area contributed by atoms with Crippen molar-refractivity contribution in [3.63, 3.8) is 0 Å². The fourth-order valence-corrected chi connectivity index (χ4v) is 4.35. The van der Waals surface area contributed by atoms with Gasteiger partial charge in [-0.15, -0.1) is 0 Å². The Hall–Kier alpha value is -2.56. The van der Waals surface area contributed by atoms with Crippen molar-refractivity contribution >= 4 is 21.4 Å². The van der Waals surface area contributed by atoms with Crippen LogP contribution in [0.2, 0.25) is 0 Å². The maximum absolute atomic E-state index is 12.8. The number of nitro groups is 1. The minimum Gasteiger partial charge on any atom is -0.379 e. The standard InChI is InChI=1S/C17H20N4O5S/c1-19(13-14-3-2-6-18-12-14)16-5-4-15(11-17(16)21(22)23)27(24,25)20-7-9-26-10-8-20/h2-6,11-12H,7-10,13H2,1H3. The first kappa shape index (κ1) is 19.2. The van der Waals surface area contributed by atoms with Gasteiger partial charge in [-0.3, -0.25) is 15.1 Å². The van der Waals surface area contributed by atoms with Crippen LogP contribution in [0.15, 0.2) is 47.6 Å². The van der Waals surface area contributed by atoms with E-state index in [1.165, 1.54) is 16.4 Å². The first-order valence-electron chi connectivity index (χ1n) is 8.36. The second kappa shape index (κ2) is 7.99. The first-order valence-corrected chi connectivity index (χ1v) is 9.80. The predicted molar refractivity (Wildman–Crippen MR) is 99.0 cm³/mol. The van der Waals surface area contributed by atoms with Crippen molar-refractivity contribution in [2.24, 2.45) is 0 Å². The van der Waals surface area contributed by atoms with Crippen LogP contribution in [0.5, 0.6) is 0 Å². The fourth-order valence-electron chi connectivity index (χ4n) is 2.92. The molecule has 0 radical (unpaired) electrons. The molecule has 9 nitrogen and oxygen atoms in total. The van der Waals surface area contributed by atoms with E-state index < -0.39 is 14.9 Å². The van der Waals surface area contributed by atoms with E-state index in [-0.39, 0.29) is 23.7 Å². The van der Waals surface area contributed by atoms with Gasteiger partial charge in [-0.25, -0.2) is 8.42 Å². The van der Waals surface area contributed by atoms with Crippen LogP contribution < -0.4 is 4.90 Å². The number of aromatic nitrogens is 1. The molecule has 0 bridgehead atoms. The maximum atomic E-state index is 12.8. The number of morpholine rings is 1. The number of hydrogen-bond donors (Lipinski definition) is 0. The van der Waals surface area contributed by atoms with Crippen LogP contribution in [-0.2, 0) is 21.3 Å². The van der Waals surface area contributed by atoms with Gasteiger partial charge < -0.3 is 9.64 Å². The third-order valence-electron chi connectivity index (χ3n) is 4.31. The van der Waals surface area contributed by atoms with Gasteiger partial charge in [0.25, 0.3) is 5.69 Å². The summed E-state index contributed by atoms with van der Waals surface area (Å²) in [6.07, 6.45) is 3.33. The fraction of sp³-hybridized carbons (Fsp3) is 0.353.